The number of anilines is 1. The Labute approximate surface area is 171 Å². The topological polar surface area (TPSA) is 108 Å². The fourth-order valence-electron chi connectivity index (χ4n) is 3.20. The van der Waals surface area contributed by atoms with Gasteiger partial charge in [0.15, 0.2) is 0 Å². The molecule has 3 N–H and O–H groups in total. The summed E-state index contributed by atoms with van der Waals surface area (Å²) in [5, 5.41) is 28.0. The molecule has 1 aliphatic heterocycles. The van der Waals surface area contributed by atoms with Crippen molar-refractivity contribution in [3.63, 3.8) is 0 Å². The predicted molar refractivity (Wildman–Crippen MR) is 107 cm³/mol. The Morgan fingerprint density at radius 1 is 1.29 bits per heavy atom. The second kappa shape index (κ2) is 8.64. The molecule has 1 atom stereocenters. The summed E-state index contributed by atoms with van der Waals surface area (Å²) in [6.45, 7) is 1.63. The molecule has 0 bridgehead atoms. The lowest BCUT2D eigenvalue weighted by Crippen LogP contribution is -2.48. The normalized spacial score (nSPS) is 16.6. The van der Waals surface area contributed by atoms with Crippen LogP contribution in [0.1, 0.15) is 17.2 Å². The maximum absolute atomic E-state index is 11.5. The molecule has 2 aromatic carbocycles. The molecule has 8 nitrogen and oxygen atoms in total. The number of hydrogen-bond donors (Lipinski definition) is 3. The number of nitrogens with zero attached hydrogens (tertiary/aromatic N) is 2. The van der Waals surface area contributed by atoms with Crippen LogP contribution in [-0.4, -0.2) is 40.7 Å². The zero-order chi connectivity index (χ0) is 20.3. The Kier molecular flexibility index (Phi) is 6.23. The monoisotopic (exact) mass is 424 g/mol. The van der Waals surface area contributed by atoms with Gasteiger partial charge in [0.2, 0.25) is 0 Å². The van der Waals surface area contributed by atoms with Crippen LogP contribution >= 0.6 is 23.2 Å². The van der Waals surface area contributed by atoms with Crippen molar-refractivity contribution in [2.45, 2.75) is 12.6 Å². The van der Waals surface area contributed by atoms with E-state index in [1.807, 2.05) is 0 Å². The average molecular weight is 425 g/mol. The van der Waals surface area contributed by atoms with E-state index in [0.29, 0.717) is 40.9 Å². The number of carbonyl (C=O) groups is 1. The molecule has 1 fully saturated rings. The summed E-state index contributed by atoms with van der Waals surface area (Å²) in [4.78, 5) is 23.8. The van der Waals surface area contributed by atoms with Gasteiger partial charge in [-0.15, -0.1) is 0 Å². The third kappa shape index (κ3) is 4.64. The van der Waals surface area contributed by atoms with Crippen molar-refractivity contribution in [2.75, 3.05) is 25.0 Å². The fraction of sp³-hybridized carbons (Fsp3) is 0.278. The maximum Gasteiger partial charge on any atom is 0.407 e. The Balaban J connectivity index is 1.89. The van der Waals surface area contributed by atoms with Crippen molar-refractivity contribution in [1.29, 1.82) is 0 Å². The van der Waals surface area contributed by atoms with Crippen LogP contribution in [0.2, 0.25) is 10.0 Å². The number of nitrogens with one attached hydrogen (secondary N) is 2. The van der Waals surface area contributed by atoms with Crippen LogP contribution in [0.15, 0.2) is 36.4 Å². The Morgan fingerprint density at radius 3 is 2.64 bits per heavy atom. The molecular formula is C18H18Cl2N4O4. The minimum atomic E-state index is -1.02. The van der Waals surface area contributed by atoms with E-state index in [2.05, 4.69) is 10.6 Å². The van der Waals surface area contributed by atoms with Gasteiger partial charge in [-0.1, -0.05) is 23.2 Å². The molecular weight excluding hydrogens is 407 g/mol. The lowest BCUT2D eigenvalue weighted by Gasteiger charge is -2.34. The number of piperazine rings is 1. The van der Waals surface area contributed by atoms with E-state index in [1.165, 1.54) is 11.0 Å². The molecule has 0 aliphatic carbocycles. The second-order valence-electron chi connectivity index (χ2n) is 6.36. The second-order valence-corrected chi connectivity index (χ2v) is 7.23. The van der Waals surface area contributed by atoms with Crippen molar-refractivity contribution >= 4 is 40.7 Å². The number of amides is 1. The number of halogens is 2. The van der Waals surface area contributed by atoms with E-state index in [-0.39, 0.29) is 12.2 Å². The van der Waals surface area contributed by atoms with Gasteiger partial charge in [-0.3, -0.25) is 15.0 Å². The zero-order valence-electron chi connectivity index (χ0n) is 14.7. The number of benzene rings is 2. The van der Waals surface area contributed by atoms with E-state index in [0.717, 1.165) is 5.56 Å². The first kappa shape index (κ1) is 20.2. The summed E-state index contributed by atoms with van der Waals surface area (Å²) in [7, 11) is 0. The van der Waals surface area contributed by atoms with Crippen LogP contribution in [0.5, 0.6) is 0 Å². The highest BCUT2D eigenvalue weighted by molar-refractivity contribution is 6.34. The van der Waals surface area contributed by atoms with Gasteiger partial charge in [0.1, 0.15) is 5.69 Å². The highest BCUT2D eigenvalue weighted by Crippen LogP contribution is 2.31. The SMILES string of the molecule is O=C(O)N1CCNCC1c1ccc([N+](=O)[O-])c(NCc2cc(Cl)cc(Cl)c2)c1. The molecule has 1 aliphatic rings. The maximum atomic E-state index is 11.5. The van der Waals surface area contributed by atoms with Gasteiger partial charge in [-0.2, -0.15) is 0 Å². The highest BCUT2D eigenvalue weighted by Gasteiger charge is 2.29. The number of rotatable bonds is 5. The Hall–Kier alpha value is -2.55. The predicted octanol–water partition coefficient (Wildman–Crippen LogP) is 4.14. The van der Waals surface area contributed by atoms with Crippen molar-refractivity contribution in [3.05, 3.63) is 67.7 Å². The van der Waals surface area contributed by atoms with Gasteiger partial charge in [0.05, 0.1) is 11.0 Å². The minimum Gasteiger partial charge on any atom is -0.465 e. The molecule has 3 rings (SSSR count). The molecule has 0 radical (unpaired) electrons. The Bertz CT molecular complexity index is 889. The van der Waals surface area contributed by atoms with E-state index >= 15 is 0 Å². The van der Waals surface area contributed by atoms with Crippen LogP contribution < -0.4 is 10.6 Å². The van der Waals surface area contributed by atoms with Crippen molar-refractivity contribution in [3.8, 4) is 0 Å². The van der Waals surface area contributed by atoms with E-state index in [4.69, 9.17) is 23.2 Å². The molecule has 0 aromatic heterocycles. The first-order valence-corrected chi connectivity index (χ1v) is 9.28. The third-order valence-electron chi connectivity index (χ3n) is 4.50. The van der Waals surface area contributed by atoms with Gasteiger partial charge >= 0.3 is 6.09 Å². The van der Waals surface area contributed by atoms with Crippen molar-refractivity contribution < 1.29 is 14.8 Å². The summed E-state index contributed by atoms with van der Waals surface area (Å²) >= 11 is 12.0. The number of nitro groups is 1. The summed E-state index contributed by atoms with van der Waals surface area (Å²) in [5.74, 6) is 0. The summed E-state index contributed by atoms with van der Waals surface area (Å²) in [5.41, 5.74) is 1.65. The van der Waals surface area contributed by atoms with Crippen molar-refractivity contribution in [2.24, 2.45) is 0 Å². The smallest absolute Gasteiger partial charge is 0.407 e. The van der Waals surface area contributed by atoms with E-state index < -0.39 is 17.1 Å². The molecule has 148 valence electrons. The van der Waals surface area contributed by atoms with Crippen LogP contribution in [0.25, 0.3) is 0 Å². The summed E-state index contributed by atoms with van der Waals surface area (Å²) < 4.78 is 0. The molecule has 0 spiro atoms. The molecule has 10 heteroatoms. The van der Waals surface area contributed by atoms with Crippen LogP contribution in [-0.2, 0) is 6.54 Å². The number of nitro benzene ring substituents is 1. The van der Waals surface area contributed by atoms with Gasteiger partial charge in [-0.05, 0) is 41.5 Å². The molecule has 1 saturated heterocycles. The summed E-state index contributed by atoms with van der Waals surface area (Å²) in [6, 6.07) is 9.21. The van der Waals surface area contributed by atoms with Gasteiger partial charge < -0.3 is 15.7 Å². The number of carboxylic acid groups (broad SMARTS) is 1. The fourth-order valence-corrected chi connectivity index (χ4v) is 3.77. The third-order valence-corrected chi connectivity index (χ3v) is 4.93. The zero-order valence-corrected chi connectivity index (χ0v) is 16.2. The van der Waals surface area contributed by atoms with Crippen LogP contribution in [0.4, 0.5) is 16.2 Å². The molecule has 0 saturated carbocycles. The number of hydrogen-bond acceptors (Lipinski definition) is 5. The van der Waals surface area contributed by atoms with E-state index in [9.17, 15) is 20.0 Å². The molecule has 1 heterocycles. The van der Waals surface area contributed by atoms with Crippen LogP contribution in [0, 0.1) is 10.1 Å². The lowest BCUT2D eigenvalue weighted by molar-refractivity contribution is -0.384. The standard InChI is InChI=1S/C18H18Cl2N4O4/c19-13-5-11(6-14(20)8-13)9-22-15-7-12(1-2-16(15)24(27)28)17-10-21-3-4-23(17)18(25)26/h1-2,5-8,17,21-22H,3-4,9-10H2,(H,25,26). The van der Waals surface area contributed by atoms with Crippen LogP contribution in [0.3, 0.4) is 0 Å². The summed E-state index contributed by atoms with van der Waals surface area (Å²) in [6.07, 6.45) is -1.02. The van der Waals surface area contributed by atoms with Gasteiger partial charge in [-0.25, -0.2) is 4.79 Å². The van der Waals surface area contributed by atoms with Gasteiger partial charge in [0.25, 0.3) is 5.69 Å². The molecule has 1 amide bonds. The first-order valence-electron chi connectivity index (χ1n) is 8.52. The lowest BCUT2D eigenvalue weighted by atomic mass is 10.0. The molecule has 1 unspecified atom stereocenters. The van der Waals surface area contributed by atoms with Crippen molar-refractivity contribution in [1.82, 2.24) is 10.2 Å². The first-order chi connectivity index (χ1) is 13.3. The quantitative estimate of drug-likeness (QED) is 0.491. The highest BCUT2D eigenvalue weighted by atomic mass is 35.5. The minimum absolute atomic E-state index is 0.0949. The van der Waals surface area contributed by atoms with Gasteiger partial charge in [0, 0.05) is 42.3 Å². The Morgan fingerprint density at radius 2 is 2.00 bits per heavy atom. The molecule has 2 aromatic rings. The molecule has 28 heavy (non-hydrogen) atoms. The van der Waals surface area contributed by atoms with E-state index in [1.54, 1.807) is 30.3 Å². The largest absolute Gasteiger partial charge is 0.465 e. The average Bonchev–Trinajstić information content (AvgIpc) is 2.65.